The van der Waals surface area contributed by atoms with Gasteiger partial charge in [-0.3, -0.25) is 4.79 Å². The molecule has 1 saturated carbocycles. The first-order valence-corrected chi connectivity index (χ1v) is 6.49. The van der Waals surface area contributed by atoms with Gasteiger partial charge in [-0.25, -0.2) is 0 Å². The Morgan fingerprint density at radius 3 is 2.44 bits per heavy atom. The van der Waals surface area contributed by atoms with Gasteiger partial charge in [0.05, 0.1) is 5.41 Å². The first-order chi connectivity index (χ1) is 7.77. The van der Waals surface area contributed by atoms with Crippen molar-refractivity contribution < 1.29 is 4.79 Å². The van der Waals surface area contributed by atoms with Crippen molar-refractivity contribution in [1.29, 1.82) is 0 Å². The molecule has 108 valence electrons. The summed E-state index contributed by atoms with van der Waals surface area (Å²) in [5.41, 5.74) is 5.55. The quantitative estimate of drug-likeness (QED) is 0.734. The van der Waals surface area contributed by atoms with Gasteiger partial charge >= 0.3 is 0 Å². The van der Waals surface area contributed by atoms with Crippen LogP contribution in [0.4, 0.5) is 0 Å². The molecule has 1 heterocycles. The molecule has 2 aliphatic rings. The molecule has 6 heteroatoms. The van der Waals surface area contributed by atoms with Crippen LogP contribution in [0.2, 0.25) is 0 Å². The van der Waals surface area contributed by atoms with E-state index in [0.29, 0.717) is 12.6 Å². The minimum absolute atomic E-state index is 0. The highest BCUT2D eigenvalue weighted by Gasteiger charge is 2.40. The number of halogens is 2. The largest absolute Gasteiger partial charge is 0.352 e. The Kier molecular flexibility index (Phi) is 8.19. The molecule has 0 aromatic heterocycles. The molecule has 0 radical (unpaired) electrons. The van der Waals surface area contributed by atoms with E-state index in [4.69, 9.17) is 5.73 Å². The van der Waals surface area contributed by atoms with E-state index in [-0.39, 0.29) is 36.1 Å². The lowest BCUT2D eigenvalue weighted by molar-refractivity contribution is -0.131. The van der Waals surface area contributed by atoms with Crippen LogP contribution in [-0.2, 0) is 4.79 Å². The van der Waals surface area contributed by atoms with Gasteiger partial charge in [0.2, 0.25) is 5.91 Å². The third-order valence-corrected chi connectivity index (χ3v) is 4.07. The molecular weight excluding hydrogens is 273 g/mol. The van der Waals surface area contributed by atoms with Crippen LogP contribution in [0, 0.1) is 5.41 Å². The zero-order valence-corrected chi connectivity index (χ0v) is 12.4. The van der Waals surface area contributed by atoms with Gasteiger partial charge in [-0.1, -0.05) is 12.8 Å². The van der Waals surface area contributed by atoms with Crippen LogP contribution in [-0.4, -0.2) is 31.6 Å². The lowest BCUT2D eigenvalue weighted by Crippen LogP contribution is -2.52. The van der Waals surface area contributed by atoms with Crippen LogP contribution in [0.15, 0.2) is 0 Å². The number of hydrogen-bond donors (Lipinski definition) is 3. The minimum Gasteiger partial charge on any atom is -0.352 e. The zero-order valence-electron chi connectivity index (χ0n) is 10.7. The molecule has 0 bridgehead atoms. The molecule has 0 spiro atoms. The summed E-state index contributed by atoms with van der Waals surface area (Å²) in [6.45, 7) is 2.49. The van der Waals surface area contributed by atoms with Crippen molar-refractivity contribution in [3.8, 4) is 0 Å². The van der Waals surface area contributed by atoms with Crippen molar-refractivity contribution in [3.63, 3.8) is 0 Å². The summed E-state index contributed by atoms with van der Waals surface area (Å²) in [7, 11) is 0. The van der Waals surface area contributed by atoms with Crippen LogP contribution in [0.5, 0.6) is 0 Å². The first-order valence-electron chi connectivity index (χ1n) is 6.49. The second-order valence-electron chi connectivity index (χ2n) is 5.21. The highest BCUT2D eigenvalue weighted by atomic mass is 35.5. The van der Waals surface area contributed by atoms with Crippen LogP contribution >= 0.6 is 24.8 Å². The number of carbonyl (C=O) groups excluding carboxylic acids is 1. The normalized spacial score (nSPS) is 25.7. The molecule has 1 aliphatic heterocycles. The highest BCUT2D eigenvalue weighted by molar-refractivity contribution is 5.85. The fourth-order valence-electron chi connectivity index (χ4n) is 2.89. The summed E-state index contributed by atoms with van der Waals surface area (Å²) in [4.78, 5) is 12.2. The monoisotopic (exact) mass is 297 g/mol. The van der Waals surface area contributed by atoms with Crippen molar-refractivity contribution in [2.45, 2.75) is 44.6 Å². The van der Waals surface area contributed by atoms with Gasteiger partial charge in [0.25, 0.3) is 0 Å². The fraction of sp³-hybridized carbons (Fsp3) is 0.917. The molecule has 1 aliphatic carbocycles. The van der Waals surface area contributed by atoms with E-state index >= 15 is 0 Å². The topological polar surface area (TPSA) is 67.2 Å². The number of carbonyl (C=O) groups is 1. The van der Waals surface area contributed by atoms with Gasteiger partial charge in [0, 0.05) is 19.1 Å². The lowest BCUT2D eigenvalue weighted by atomic mass is 9.85. The van der Waals surface area contributed by atoms with E-state index in [1.165, 1.54) is 0 Å². The Labute approximate surface area is 122 Å². The van der Waals surface area contributed by atoms with E-state index in [1.54, 1.807) is 0 Å². The Balaban J connectivity index is 0.00000144. The van der Waals surface area contributed by atoms with Gasteiger partial charge in [0.1, 0.15) is 0 Å². The number of nitrogens with two attached hydrogens (primary N) is 1. The smallest absolute Gasteiger partial charge is 0.227 e. The van der Waals surface area contributed by atoms with Crippen LogP contribution in [0.1, 0.15) is 38.5 Å². The van der Waals surface area contributed by atoms with E-state index in [2.05, 4.69) is 10.6 Å². The maximum absolute atomic E-state index is 12.2. The van der Waals surface area contributed by atoms with Gasteiger partial charge in [-0.05, 0) is 32.2 Å². The van der Waals surface area contributed by atoms with Crippen LogP contribution in [0.25, 0.3) is 0 Å². The van der Waals surface area contributed by atoms with Crippen LogP contribution < -0.4 is 16.4 Å². The number of piperidine rings is 1. The molecule has 0 aromatic rings. The molecule has 0 aromatic carbocycles. The second-order valence-corrected chi connectivity index (χ2v) is 5.21. The van der Waals surface area contributed by atoms with Gasteiger partial charge in [-0.2, -0.15) is 0 Å². The molecule has 4 nitrogen and oxygen atoms in total. The minimum atomic E-state index is -0.253. The average molecular weight is 298 g/mol. The fourth-order valence-corrected chi connectivity index (χ4v) is 2.89. The third kappa shape index (κ3) is 3.98. The summed E-state index contributed by atoms with van der Waals surface area (Å²) in [5, 5.41) is 6.49. The Morgan fingerprint density at radius 2 is 1.94 bits per heavy atom. The summed E-state index contributed by atoms with van der Waals surface area (Å²) in [6, 6.07) is 0.310. The summed E-state index contributed by atoms with van der Waals surface area (Å²) < 4.78 is 0. The first kappa shape index (κ1) is 18.0. The van der Waals surface area contributed by atoms with Gasteiger partial charge < -0.3 is 16.4 Å². The number of nitrogens with one attached hydrogen (secondary N) is 2. The molecule has 2 fully saturated rings. The third-order valence-electron chi connectivity index (χ3n) is 4.07. The van der Waals surface area contributed by atoms with Crippen molar-refractivity contribution in [2.75, 3.05) is 19.6 Å². The van der Waals surface area contributed by atoms with Gasteiger partial charge in [0.15, 0.2) is 0 Å². The van der Waals surface area contributed by atoms with Crippen LogP contribution in [0.3, 0.4) is 0 Å². The predicted molar refractivity (Wildman–Crippen MR) is 78.5 cm³/mol. The summed E-state index contributed by atoms with van der Waals surface area (Å²) in [5.74, 6) is 0.196. The van der Waals surface area contributed by atoms with Crippen molar-refractivity contribution in [1.82, 2.24) is 10.6 Å². The Bertz CT molecular complexity index is 252. The second kappa shape index (κ2) is 8.20. The Hall–Kier alpha value is -0.0300. The summed E-state index contributed by atoms with van der Waals surface area (Å²) >= 11 is 0. The van der Waals surface area contributed by atoms with E-state index in [0.717, 1.165) is 51.6 Å². The van der Waals surface area contributed by atoms with E-state index in [1.807, 2.05) is 0 Å². The zero-order chi connectivity index (χ0) is 11.4. The molecule has 18 heavy (non-hydrogen) atoms. The van der Waals surface area contributed by atoms with E-state index in [9.17, 15) is 4.79 Å². The number of amides is 1. The lowest BCUT2D eigenvalue weighted by Gasteiger charge is -2.31. The van der Waals surface area contributed by atoms with E-state index < -0.39 is 0 Å². The molecule has 4 N–H and O–H groups in total. The van der Waals surface area contributed by atoms with Crippen molar-refractivity contribution in [2.24, 2.45) is 11.1 Å². The van der Waals surface area contributed by atoms with Gasteiger partial charge in [-0.15, -0.1) is 24.8 Å². The maximum Gasteiger partial charge on any atom is 0.227 e. The summed E-state index contributed by atoms with van der Waals surface area (Å²) in [6.07, 6.45) is 6.48. The standard InChI is InChI=1S/C12H23N3O.2ClH/c13-9-12(5-1-2-6-12)11(16)15-10-4-3-7-14-8-10;;/h10,14H,1-9,13H2,(H,15,16);2*1H/t10-;;/m0../s1. The molecular formula is C12H25Cl2N3O. The number of hydrogen-bond acceptors (Lipinski definition) is 3. The maximum atomic E-state index is 12.2. The number of rotatable bonds is 3. The Morgan fingerprint density at radius 1 is 1.28 bits per heavy atom. The van der Waals surface area contributed by atoms with Crippen molar-refractivity contribution >= 4 is 30.7 Å². The molecule has 1 atom stereocenters. The van der Waals surface area contributed by atoms with Crippen molar-refractivity contribution in [3.05, 3.63) is 0 Å². The molecule has 2 rings (SSSR count). The highest BCUT2D eigenvalue weighted by Crippen LogP contribution is 2.37. The molecule has 1 amide bonds. The SMILES string of the molecule is Cl.Cl.NCC1(C(=O)N[C@H]2CCCNC2)CCCC1. The predicted octanol–water partition coefficient (Wildman–Crippen LogP) is 1.22. The molecule has 0 unspecified atom stereocenters. The average Bonchev–Trinajstić information content (AvgIpc) is 2.80. The molecule has 1 saturated heterocycles.